The highest BCUT2D eigenvalue weighted by Crippen LogP contribution is 2.44. The first-order valence-electron chi connectivity index (χ1n) is 36.3. The molecule has 550 valence electrons. The zero-order valence-electron chi connectivity index (χ0n) is 60.7. The standard InChI is InChI=1S/C71H117ClF3N11O11/c1-16-44(8)59-68(96)81(12)46(10)64(92)86-34-30-54(86)67(95)83(14)56(38-48-24-22-43(7)23-25-48)66(94)80(11)40-57(87)77-52(29-27-47-26-28-50(51(72)37-47)71(73,74)75)65(93)85-33-20-21-53(85)62(90)79-70(31-18-19-32-70)69(97)84(15)60(45(9)17-2)63(91)76-49(35-41(3)4)39-58(88)82(13)55(36-42(5)6)61(89)78-59/h41-56,59-60H,16-40H2,1-15H3,(H,76,91)(H,77,87)(H,78,89)(H,79,90)/t43?,44-,45-,46-,47?,48?,49+,50?,51?,52-,53-,54-,55-,56-,59-,60-/m0/s1. The van der Waals surface area contributed by atoms with Crippen LogP contribution in [0, 0.1) is 47.3 Å². The molecular formula is C71H117ClF3N11O11. The predicted molar refractivity (Wildman–Crippen MR) is 363 cm³/mol. The molecule has 6 rings (SSSR count). The first kappa shape index (κ1) is 80.2. The fraction of sp³-hybridized carbons (Fsp3) is 0.845. The Labute approximate surface area is 579 Å². The lowest BCUT2D eigenvalue weighted by Gasteiger charge is -2.45. The summed E-state index contributed by atoms with van der Waals surface area (Å²) in [6.07, 6.45) is 2.97. The van der Waals surface area contributed by atoms with Crippen molar-refractivity contribution in [2.45, 2.75) is 282 Å². The minimum atomic E-state index is -4.50. The van der Waals surface area contributed by atoms with Crippen LogP contribution in [-0.2, 0) is 52.7 Å². The van der Waals surface area contributed by atoms with Gasteiger partial charge in [-0.3, -0.25) is 52.7 Å². The van der Waals surface area contributed by atoms with E-state index in [4.69, 9.17) is 11.6 Å². The minimum absolute atomic E-state index is 0.0151. The lowest BCUT2D eigenvalue weighted by molar-refractivity contribution is -0.182. The van der Waals surface area contributed by atoms with Crippen molar-refractivity contribution >= 4 is 76.6 Å². The summed E-state index contributed by atoms with van der Waals surface area (Å²) in [7, 11) is 7.45. The molecule has 3 unspecified atom stereocenters. The summed E-state index contributed by atoms with van der Waals surface area (Å²) < 4.78 is 42.0. The van der Waals surface area contributed by atoms with E-state index in [0.29, 0.717) is 44.4 Å². The van der Waals surface area contributed by atoms with Crippen LogP contribution < -0.4 is 21.3 Å². The first-order valence-corrected chi connectivity index (χ1v) is 36.8. The van der Waals surface area contributed by atoms with Gasteiger partial charge in [-0.15, -0.1) is 11.6 Å². The van der Waals surface area contributed by atoms with Gasteiger partial charge in [0.2, 0.25) is 65.0 Å². The van der Waals surface area contributed by atoms with Crippen molar-refractivity contribution < 1.29 is 65.9 Å². The predicted octanol–water partition coefficient (Wildman–Crippen LogP) is 7.42. The van der Waals surface area contributed by atoms with E-state index in [-0.39, 0.29) is 114 Å². The summed E-state index contributed by atoms with van der Waals surface area (Å²) >= 11 is 6.40. The van der Waals surface area contributed by atoms with E-state index in [1.54, 1.807) is 6.92 Å². The molecule has 22 nitrogen and oxygen atoms in total. The second-order valence-electron chi connectivity index (χ2n) is 30.8. The maximum atomic E-state index is 15.3. The lowest BCUT2D eigenvalue weighted by Crippen LogP contribution is -2.65. The van der Waals surface area contributed by atoms with Crippen molar-refractivity contribution in [3.8, 4) is 0 Å². The van der Waals surface area contributed by atoms with Gasteiger partial charge in [0.1, 0.15) is 53.9 Å². The normalized spacial score (nSPS) is 32.2. The lowest BCUT2D eigenvalue weighted by atomic mass is 9.78. The summed E-state index contributed by atoms with van der Waals surface area (Å²) in [4.78, 5) is 173. The summed E-state index contributed by atoms with van der Waals surface area (Å²) in [6.45, 7) is 18.5. The Bertz CT molecular complexity index is 2780. The van der Waals surface area contributed by atoms with Gasteiger partial charge in [-0.05, 0) is 132 Å². The molecule has 6 fully saturated rings. The topological polar surface area (TPSA) is 259 Å². The van der Waals surface area contributed by atoms with Gasteiger partial charge in [0.15, 0.2) is 0 Å². The van der Waals surface area contributed by atoms with E-state index in [9.17, 15) is 51.5 Å². The molecule has 0 aromatic carbocycles. The Morgan fingerprint density at radius 3 is 1.75 bits per heavy atom. The average molecular weight is 1390 g/mol. The third kappa shape index (κ3) is 20.0. The van der Waals surface area contributed by atoms with Gasteiger partial charge in [0, 0.05) is 66.2 Å². The summed E-state index contributed by atoms with van der Waals surface area (Å²) in [6, 6.07) is -9.69. The number of nitrogens with one attached hydrogen (secondary N) is 4. The summed E-state index contributed by atoms with van der Waals surface area (Å²) in [5.74, 6) is -8.77. The number of rotatable bonds is 13. The van der Waals surface area contributed by atoms with Crippen molar-refractivity contribution in [1.29, 1.82) is 0 Å². The van der Waals surface area contributed by atoms with E-state index in [2.05, 4.69) is 28.2 Å². The number of alkyl halides is 4. The molecule has 97 heavy (non-hydrogen) atoms. The van der Waals surface area contributed by atoms with Crippen molar-refractivity contribution in [3.63, 3.8) is 0 Å². The molecule has 14 atom stereocenters. The fourth-order valence-corrected chi connectivity index (χ4v) is 16.3. The molecule has 0 aromatic heterocycles. The molecule has 0 radical (unpaired) electrons. The Morgan fingerprint density at radius 1 is 0.577 bits per heavy atom. The van der Waals surface area contributed by atoms with Crippen molar-refractivity contribution in [3.05, 3.63) is 0 Å². The smallest absolute Gasteiger partial charge is 0.351 e. The van der Waals surface area contributed by atoms with Crippen molar-refractivity contribution in [1.82, 2.24) is 55.6 Å². The number of carbonyl (C=O) groups is 11. The molecule has 6 aliphatic rings. The van der Waals surface area contributed by atoms with Crippen LogP contribution in [0.5, 0.6) is 0 Å². The number of hydrogen-bond donors (Lipinski definition) is 4. The molecule has 11 amide bonds. The number of nitrogens with zero attached hydrogens (tertiary/aromatic N) is 7. The van der Waals surface area contributed by atoms with E-state index < -0.39 is 161 Å². The maximum absolute atomic E-state index is 15.3. The molecule has 0 aromatic rings. The first-order chi connectivity index (χ1) is 45.5. The fourth-order valence-electron chi connectivity index (χ4n) is 15.8. The third-order valence-corrected chi connectivity index (χ3v) is 23.1. The largest absolute Gasteiger partial charge is 0.393 e. The second-order valence-corrected chi connectivity index (χ2v) is 31.4. The van der Waals surface area contributed by atoms with Gasteiger partial charge in [0.05, 0.1) is 12.5 Å². The van der Waals surface area contributed by atoms with Gasteiger partial charge < -0.3 is 55.6 Å². The second kappa shape index (κ2) is 35.0. The molecule has 3 aliphatic heterocycles. The molecule has 1 spiro atoms. The molecule has 3 aliphatic carbocycles. The van der Waals surface area contributed by atoms with Crippen LogP contribution in [0.25, 0.3) is 0 Å². The Balaban J connectivity index is 1.40. The number of amides is 11. The van der Waals surface area contributed by atoms with Crippen LogP contribution in [0.1, 0.15) is 210 Å². The minimum Gasteiger partial charge on any atom is -0.351 e. The van der Waals surface area contributed by atoms with Gasteiger partial charge in [-0.2, -0.15) is 13.2 Å². The number of likely N-dealkylation sites (N-methyl/N-ethyl adjacent to an activating group) is 5. The number of halogens is 4. The van der Waals surface area contributed by atoms with Crippen molar-refractivity contribution in [2.24, 2.45) is 47.3 Å². The maximum Gasteiger partial charge on any atom is 0.393 e. The zero-order valence-corrected chi connectivity index (χ0v) is 61.5. The van der Waals surface area contributed by atoms with Gasteiger partial charge in [0.25, 0.3) is 0 Å². The SMILES string of the molecule is CC[C@H](C)[C@@H]1NC(=O)[C@H](CC(C)C)N(C)C(=O)C[C@@H](CC(C)C)NC(=O)[C@H]([C@@H](C)CC)N(C)C(=O)C2(CCCC2)NC(=O)[C@@H]2CCCN2C(=O)[C@H](CCC2CCC(C(F)(F)F)C(Cl)C2)NC(=O)CN(C)C(=O)[C@H](CC2CCC(C)CC2)N(C)C(=O)[C@@H]2CCN2C(=O)[C@H](C)N(C)C1=O. The quantitative estimate of drug-likeness (QED) is 0.132. The van der Waals surface area contributed by atoms with E-state index in [0.717, 1.165) is 25.7 Å². The van der Waals surface area contributed by atoms with Gasteiger partial charge >= 0.3 is 6.18 Å². The number of fused-ring (bicyclic) bond motifs is 2. The molecule has 0 bridgehead atoms. The summed E-state index contributed by atoms with van der Waals surface area (Å²) in [5.41, 5.74) is -1.49. The third-order valence-electron chi connectivity index (χ3n) is 22.6. The van der Waals surface area contributed by atoms with Crippen LogP contribution in [-0.4, -0.2) is 226 Å². The van der Waals surface area contributed by atoms with Crippen molar-refractivity contribution in [2.75, 3.05) is 54.9 Å². The Hall–Kier alpha value is -5.75. The zero-order chi connectivity index (χ0) is 72.3. The molecule has 3 heterocycles. The monoisotopic (exact) mass is 1390 g/mol. The Kier molecular flexibility index (Phi) is 29.0. The highest BCUT2D eigenvalue weighted by atomic mass is 35.5. The van der Waals surface area contributed by atoms with Crippen LogP contribution in [0.4, 0.5) is 13.2 Å². The van der Waals surface area contributed by atoms with E-state index in [1.165, 1.54) is 69.5 Å². The Morgan fingerprint density at radius 2 is 1.19 bits per heavy atom. The van der Waals surface area contributed by atoms with Crippen LogP contribution in [0.15, 0.2) is 0 Å². The molecular weight excluding hydrogens is 1280 g/mol. The average Bonchev–Trinajstić information content (AvgIpc) is 1.77. The number of carbonyl (C=O) groups excluding carboxylic acids is 11. The van der Waals surface area contributed by atoms with Crippen LogP contribution >= 0.6 is 11.6 Å². The molecule has 3 saturated carbocycles. The van der Waals surface area contributed by atoms with Crippen LogP contribution in [0.2, 0.25) is 0 Å². The summed E-state index contributed by atoms with van der Waals surface area (Å²) in [5, 5.41) is 10.8. The molecule has 4 N–H and O–H groups in total. The van der Waals surface area contributed by atoms with E-state index in [1.807, 2.05) is 55.4 Å². The number of hydrogen-bond acceptors (Lipinski definition) is 11. The van der Waals surface area contributed by atoms with Gasteiger partial charge in [-0.25, -0.2) is 0 Å². The molecule has 3 saturated heterocycles. The van der Waals surface area contributed by atoms with Gasteiger partial charge in [-0.1, -0.05) is 114 Å². The highest BCUT2D eigenvalue weighted by molar-refractivity contribution is 6.20. The van der Waals surface area contributed by atoms with E-state index >= 15 is 14.4 Å². The highest BCUT2D eigenvalue weighted by Gasteiger charge is 2.52. The van der Waals surface area contributed by atoms with Crippen LogP contribution in [0.3, 0.4) is 0 Å². The molecule has 26 heteroatoms.